The Morgan fingerprint density at radius 1 is 1.00 bits per heavy atom. The van der Waals surface area contributed by atoms with E-state index in [9.17, 15) is 4.79 Å². The molecule has 5 fully saturated rings. The van der Waals surface area contributed by atoms with Crippen molar-refractivity contribution in [3.05, 3.63) is 0 Å². The predicted octanol–water partition coefficient (Wildman–Crippen LogP) is 6.66. The first-order valence-corrected chi connectivity index (χ1v) is 12.9. The van der Waals surface area contributed by atoms with E-state index >= 15 is 0 Å². The van der Waals surface area contributed by atoms with Gasteiger partial charge in [-0.05, 0) is 91.8 Å². The molecule has 5 rings (SSSR count). The fraction of sp³-hybridized carbons (Fsp3) is 0.963. The van der Waals surface area contributed by atoms with E-state index in [0.29, 0.717) is 41.3 Å². The van der Waals surface area contributed by atoms with E-state index in [1.54, 1.807) is 0 Å². The lowest BCUT2D eigenvalue weighted by Crippen LogP contribution is -2.47. The molecule has 2 bridgehead atoms. The highest BCUT2D eigenvalue weighted by atomic mass is 16.5. The molecule has 2 saturated heterocycles. The molecule has 0 aromatic carbocycles. The number of rotatable bonds is 5. The average molecular weight is 401 g/mol. The molecule has 10 atom stereocenters. The van der Waals surface area contributed by atoms with Crippen molar-refractivity contribution in [1.82, 2.24) is 0 Å². The van der Waals surface area contributed by atoms with Crippen LogP contribution in [-0.2, 0) is 9.53 Å². The van der Waals surface area contributed by atoms with Gasteiger partial charge in [-0.15, -0.1) is 0 Å². The molecule has 5 aliphatic rings. The first kappa shape index (κ1) is 20.5. The molecule has 0 unspecified atom stereocenters. The van der Waals surface area contributed by atoms with Crippen molar-refractivity contribution in [2.45, 2.75) is 111 Å². The standard InChI is InChI=1S/C27H44O2/c1-16(2)7-6-8-17(3)20-9-10-21-25-22(11-12-26(20,21)4)27(5)23-14-18(23)13-19(28)15-24(25)29-27/h16-18,20-25H,6-15H2,1-5H3/t17-,18-,20-,21+,22+,23+,24-,25+,26-,27-/m1/s1. The summed E-state index contributed by atoms with van der Waals surface area (Å²) in [5.41, 5.74) is 0.550. The molecule has 0 aromatic heterocycles. The van der Waals surface area contributed by atoms with Crippen molar-refractivity contribution in [3.63, 3.8) is 0 Å². The molecule has 2 aliphatic heterocycles. The van der Waals surface area contributed by atoms with Crippen LogP contribution >= 0.6 is 0 Å². The van der Waals surface area contributed by atoms with Crippen LogP contribution in [-0.4, -0.2) is 17.5 Å². The van der Waals surface area contributed by atoms with Gasteiger partial charge in [-0.25, -0.2) is 0 Å². The van der Waals surface area contributed by atoms with Crippen molar-refractivity contribution in [2.24, 2.45) is 52.8 Å². The summed E-state index contributed by atoms with van der Waals surface area (Å²) in [5, 5.41) is 0. The first-order chi connectivity index (χ1) is 13.7. The Bertz CT molecular complexity index is 655. The van der Waals surface area contributed by atoms with Gasteiger partial charge in [-0.3, -0.25) is 4.79 Å². The molecule has 3 aliphatic carbocycles. The number of carbonyl (C=O) groups is 1. The molecule has 3 saturated carbocycles. The lowest BCUT2D eigenvalue weighted by Gasteiger charge is -2.50. The smallest absolute Gasteiger partial charge is 0.135 e. The van der Waals surface area contributed by atoms with Crippen LogP contribution in [0.3, 0.4) is 0 Å². The second-order valence-electron chi connectivity index (χ2n) is 12.7. The SMILES string of the molecule is CC(C)CCC[C@@H](C)[C@H]1CC[C@H]2[C@@H]3[C@H]4CC(=O)C[C@@H]5C[C@@H]5[C@](C)(O4)[C@H]3CC[C@]12C. The zero-order valence-electron chi connectivity index (χ0n) is 19.6. The predicted molar refractivity (Wildman–Crippen MR) is 118 cm³/mol. The third-order valence-electron chi connectivity index (χ3n) is 10.7. The lowest BCUT2D eigenvalue weighted by atomic mass is 9.53. The summed E-state index contributed by atoms with van der Waals surface area (Å²) in [6.07, 6.45) is 12.7. The molecule has 0 spiro atoms. The molecule has 2 heteroatoms. The molecular weight excluding hydrogens is 356 g/mol. The summed E-state index contributed by atoms with van der Waals surface area (Å²) in [5.74, 6) is 6.50. The van der Waals surface area contributed by atoms with Crippen molar-refractivity contribution in [2.75, 3.05) is 0 Å². The number of carbonyl (C=O) groups excluding carboxylic acids is 1. The van der Waals surface area contributed by atoms with E-state index in [0.717, 1.165) is 30.1 Å². The zero-order valence-corrected chi connectivity index (χ0v) is 19.6. The molecule has 164 valence electrons. The van der Waals surface area contributed by atoms with Crippen molar-refractivity contribution in [1.29, 1.82) is 0 Å². The van der Waals surface area contributed by atoms with Crippen LogP contribution < -0.4 is 0 Å². The molecule has 29 heavy (non-hydrogen) atoms. The van der Waals surface area contributed by atoms with Gasteiger partial charge in [-0.2, -0.15) is 0 Å². The Hall–Kier alpha value is -0.370. The molecule has 2 nitrogen and oxygen atoms in total. The number of hydrogen-bond donors (Lipinski definition) is 0. The van der Waals surface area contributed by atoms with Crippen LogP contribution in [0.15, 0.2) is 0 Å². The topological polar surface area (TPSA) is 26.3 Å². The number of ketones is 1. The van der Waals surface area contributed by atoms with Crippen LogP contribution in [0.4, 0.5) is 0 Å². The maximum atomic E-state index is 12.7. The lowest BCUT2D eigenvalue weighted by molar-refractivity contribution is -0.128. The summed E-state index contributed by atoms with van der Waals surface area (Å²) in [6.45, 7) is 12.3. The number of fused-ring (bicyclic) bond motifs is 9. The summed E-state index contributed by atoms with van der Waals surface area (Å²) in [7, 11) is 0. The first-order valence-electron chi connectivity index (χ1n) is 12.9. The summed E-state index contributed by atoms with van der Waals surface area (Å²) in [6, 6.07) is 0. The number of hydrogen-bond acceptors (Lipinski definition) is 2. The largest absolute Gasteiger partial charge is 0.371 e. The minimum Gasteiger partial charge on any atom is -0.371 e. The highest BCUT2D eigenvalue weighted by molar-refractivity contribution is 5.80. The molecule has 0 radical (unpaired) electrons. The van der Waals surface area contributed by atoms with Crippen LogP contribution in [0.2, 0.25) is 0 Å². The molecule has 0 aromatic rings. The maximum Gasteiger partial charge on any atom is 0.135 e. The Morgan fingerprint density at radius 2 is 1.79 bits per heavy atom. The average Bonchev–Trinajstić information content (AvgIpc) is 3.21. The van der Waals surface area contributed by atoms with E-state index in [2.05, 4.69) is 34.6 Å². The maximum absolute atomic E-state index is 12.7. The summed E-state index contributed by atoms with van der Waals surface area (Å²) >= 11 is 0. The van der Waals surface area contributed by atoms with E-state index < -0.39 is 0 Å². The van der Waals surface area contributed by atoms with Gasteiger partial charge in [0.15, 0.2) is 0 Å². The van der Waals surface area contributed by atoms with Crippen molar-refractivity contribution < 1.29 is 9.53 Å². The van der Waals surface area contributed by atoms with Gasteiger partial charge < -0.3 is 4.74 Å². The molecule has 0 amide bonds. The van der Waals surface area contributed by atoms with Gasteiger partial charge in [0, 0.05) is 12.8 Å². The van der Waals surface area contributed by atoms with Crippen LogP contribution in [0, 0.1) is 52.8 Å². The minimum atomic E-state index is 0.0724. The Morgan fingerprint density at radius 3 is 2.55 bits per heavy atom. The van der Waals surface area contributed by atoms with Crippen LogP contribution in [0.5, 0.6) is 0 Å². The zero-order chi connectivity index (χ0) is 20.6. The Kier molecular flexibility index (Phi) is 5.01. The monoisotopic (exact) mass is 400 g/mol. The number of Topliss-reactive ketones (excluding diaryl/α,β-unsaturated/α-hetero) is 1. The summed E-state index contributed by atoms with van der Waals surface area (Å²) < 4.78 is 6.88. The second kappa shape index (κ2) is 7.07. The van der Waals surface area contributed by atoms with Crippen molar-refractivity contribution >= 4 is 5.78 Å². The number of ether oxygens (including phenoxy) is 1. The van der Waals surface area contributed by atoms with Crippen LogP contribution in [0.25, 0.3) is 0 Å². The Balaban J connectivity index is 1.36. The summed E-state index contributed by atoms with van der Waals surface area (Å²) in [4.78, 5) is 12.7. The van der Waals surface area contributed by atoms with Gasteiger partial charge in [0.05, 0.1) is 11.7 Å². The normalized spacial score (nSPS) is 51.8. The third kappa shape index (κ3) is 3.17. The van der Waals surface area contributed by atoms with Gasteiger partial charge >= 0.3 is 0 Å². The van der Waals surface area contributed by atoms with Gasteiger partial charge in [0.2, 0.25) is 0 Å². The fourth-order valence-corrected chi connectivity index (χ4v) is 9.21. The minimum absolute atomic E-state index is 0.0724. The van der Waals surface area contributed by atoms with Gasteiger partial charge in [0.1, 0.15) is 5.78 Å². The van der Waals surface area contributed by atoms with E-state index in [1.165, 1.54) is 51.4 Å². The van der Waals surface area contributed by atoms with Gasteiger partial charge in [0.25, 0.3) is 0 Å². The third-order valence-corrected chi connectivity index (χ3v) is 10.7. The fourth-order valence-electron chi connectivity index (χ4n) is 9.21. The molecule has 2 heterocycles. The van der Waals surface area contributed by atoms with E-state index in [1.807, 2.05) is 0 Å². The highest BCUT2D eigenvalue weighted by Crippen LogP contribution is 2.69. The van der Waals surface area contributed by atoms with Crippen LogP contribution in [0.1, 0.15) is 98.8 Å². The van der Waals surface area contributed by atoms with E-state index in [4.69, 9.17) is 4.74 Å². The molecular formula is C27H44O2. The quantitative estimate of drug-likeness (QED) is 0.515. The highest BCUT2D eigenvalue weighted by Gasteiger charge is 2.68. The van der Waals surface area contributed by atoms with E-state index in [-0.39, 0.29) is 11.7 Å². The Labute approximate surface area is 178 Å². The van der Waals surface area contributed by atoms with Crippen molar-refractivity contribution in [3.8, 4) is 0 Å². The van der Waals surface area contributed by atoms with Gasteiger partial charge in [-0.1, -0.05) is 47.0 Å². The molecule has 0 N–H and O–H groups in total. The second-order valence-corrected chi connectivity index (χ2v) is 12.7.